The molecular formula is C25H28ClN3O3. The molecule has 1 atom stereocenters. The van der Waals surface area contributed by atoms with Gasteiger partial charge in [0.05, 0.1) is 18.5 Å². The van der Waals surface area contributed by atoms with Crippen LogP contribution in [0.15, 0.2) is 59.2 Å². The van der Waals surface area contributed by atoms with Crippen molar-refractivity contribution in [2.75, 3.05) is 6.54 Å². The Morgan fingerprint density at radius 1 is 1.16 bits per heavy atom. The maximum atomic E-state index is 13.6. The second-order valence-electron chi connectivity index (χ2n) is 8.90. The molecule has 1 N–H and O–H groups in total. The van der Waals surface area contributed by atoms with Crippen molar-refractivity contribution in [3.05, 3.63) is 71.1 Å². The topological polar surface area (TPSA) is 67.5 Å². The van der Waals surface area contributed by atoms with Gasteiger partial charge in [-0.2, -0.15) is 0 Å². The van der Waals surface area contributed by atoms with Crippen molar-refractivity contribution >= 4 is 23.4 Å². The third-order valence-electron chi connectivity index (χ3n) is 6.03. The van der Waals surface area contributed by atoms with Crippen molar-refractivity contribution in [3.8, 4) is 11.5 Å². The molecule has 0 fully saturated rings. The highest BCUT2D eigenvalue weighted by molar-refractivity contribution is 6.30. The summed E-state index contributed by atoms with van der Waals surface area (Å²) in [6, 6.07) is 14.7. The van der Waals surface area contributed by atoms with Gasteiger partial charge >= 0.3 is 0 Å². The Morgan fingerprint density at radius 2 is 1.88 bits per heavy atom. The molecule has 1 aliphatic heterocycles. The molecule has 7 heteroatoms. The molecular weight excluding hydrogens is 426 g/mol. The molecule has 2 aromatic heterocycles. The van der Waals surface area contributed by atoms with Crippen LogP contribution in [0.5, 0.6) is 0 Å². The van der Waals surface area contributed by atoms with Gasteiger partial charge in [0.15, 0.2) is 0 Å². The van der Waals surface area contributed by atoms with Gasteiger partial charge in [-0.3, -0.25) is 9.59 Å². The lowest BCUT2D eigenvalue weighted by atomic mass is 9.93. The molecule has 0 aliphatic carbocycles. The van der Waals surface area contributed by atoms with E-state index in [9.17, 15) is 9.59 Å². The van der Waals surface area contributed by atoms with Gasteiger partial charge in [-0.15, -0.1) is 0 Å². The molecule has 0 radical (unpaired) electrons. The van der Waals surface area contributed by atoms with Gasteiger partial charge < -0.3 is 19.2 Å². The van der Waals surface area contributed by atoms with E-state index in [0.29, 0.717) is 42.0 Å². The van der Waals surface area contributed by atoms with Crippen LogP contribution in [0, 0.1) is 5.92 Å². The summed E-state index contributed by atoms with van der Waals surface area (Å²) in [6.45, 7) is 7.28. The van der Waals surface area contributed by atoms with Gasteiger partial charge in [-0.05, 0) is 61.2 Å². The molecule has 3 heterocycles. The van der Waals surface area contributed by atoms with E-state index >= 15 is 0 Å². The third kappa shape index (κ3) is 4.19. The number of hydrogen-bond acceptors (Lipinski definition) is 3. The number of hydrogen-bond donors (Lipinski definition) is 1. The first-order valence-electron chi connectivity index (χ1n) is 10.9. The van der Waals surface area contributed by atoms with Gasteiger partial charge in [-0.1, -0.05) is 37.6 Å². The first-order chi connectivity index (χ1) is 15.3. The largest absolute Gasteiger partial charge is 0.463 e. The van der Waals surface area contributed by atoms with Crippen molar-refractivity contribution in [1.82, 2.24) is 14.8 Å². The Hall–Kier alpha value is -2.99. The van der Waals surface area contributed by atoms with Crippen LogP contribution in [0.2, 0.25) is 5.02 Å². The minimum Gasteiger partial charge on any atom is -0.463 e. The Morgan fingerprint density at radius 3 is 2.53 bits per heavy atom. The van der Waals surface area contributed by atoms with Crippen molar-refractivity contribution in [1.29, 1.82) is 0 Å². The van der Waals surface area contributed by atoms with Crippen molar-refractivity contribution in [2.45, 2.75) is 45.8 Å². The number of rotatable bonds is 7. The van der Waals surface area contributed by atoms with E-state index in [1.54, 1.807) is 29.4 Å². The number of nitrogens with one attached hydrogen (secondary N) is 1. The van der Waals surface area contributed by atoms with Gasteiger partial charge in [0.2, 0.25) is 5.91 Å². The number of aromatic nitrogens is 1. The molecule has 0 spiro atoms. The Kier molecular flexibility index (Phi) is 6.15. The quantitative estimate of drug-likeness (QED) is 0.548. The minimum atomic E-state index is -1.07. The number of carbonyl (C=O) groups is 2. The second kappa shape index (κ2) is 8.87. The summed E-state index contributed by atoms with van der Waals surface area (Å²) in [6.07, 6.45) is 2.48. The van der Waals surface area contributed by atoms with Crippen molar-refractivity contribution < 1.29 is 14.0 Å². The predicted molar refractivity (Wildman–Crippen MR) is 124 cm³/mol. The van der Waals surface area contributed by atoms with Crippen LogP contribution in [-0.2, 0) is 17.9 Å². The van der Waals surface area contributed by atoms with Crippen molar-refractivity contribution in [2.24, 2.45) is 5.92 Å². The maximum Gasteiger partial charge on any atom is 0.271 e. The molecule has 4 rings (SSSR count). The molecule has 1 aromatic carbocycles. The fourth-order valence-corrected chi connectivity index (χ4v) is 4.22. The lowest BCUT2D eigenvalue weighted by Crippen LogP contribution is -2.63. The highest BCUT2D eigenvalue weighted by Gasteiger charge is 2.47. The average Bonchev–Trinajstić information content (AvgIpc) is 3.41. The van der Waals surface area contributed by atoms with E-state index in [2.05, 4.69) is 19.2 Å². The molecule has 0 saturated heterocycles. The number of fused-ring (bicyclic) bond motifs is 1. The fourth-order valence-electron chi connectivity index (χ4n) is 4.10. The van der Waals surface area contributed by atoms with Crippen LogP contribution < -0.4 is 5.32 Å². The fraction of sp³-hybridized carbons (Fsp3) is 0.360. The lowest BCUT2D eigenvalue weighted by molar-refractivity contribution is -0.133. The molecule has 168 valence electrons. The number of furan rings is 1. The third-order valence-corrected chi connectivity index (χ3v) is 6.28. The van der Waals surface area contributed by atoms with Crippen LogP contribution in [0.4, 0.5) is 0 Å². The Balaban J connectivity index is 1.71. The van der Waals surface area contributed by atoms with Gasteiger partial charge in [0.25, 0.3) is 5.91 Å². The molecule has 1 aliphatic rings. The van der Waals surface area contributed by atoms with Crippen LogP contribution in [0.25, 0.3) is 11.5 Å². The molecule has 6 nitrogen and oxygen atoms in total. The highest BCUT2D eigenvalue weighted by Crippen LogP contribution is 2.34. The van der Waals surface area contributed by atoms with E-state index in [1.165, 1.54) is 0 Å². The minimum absolute atomic E-state index is 0.162. The SMILES string of the molecule is CC(C)CCNC(=O)[C@@]1(C)Cn2c(ccc2-c2ccco2)C(=O)N1Cc1ccc(Cl)cc1. The number of carbonyl (C=O) groups excluding carboxylic acids is 2. The molecule has 0 unspecified atom stereocenters. The Labute approximate surface area is 193 Å². The lowest BCUT2D eigenvalue weighted by Gasteiger charge is -2.44. The molecule has 32 heavy (non-hydrogen) atoms. The zero-order chi connectivity index (χ0) is 22.9. The summed E-state index contributed by atoms with van der Waals surface area (Å²) in [5.41, 5.74) is 1.17. The van der Waals surface area contributed by atoms with E-state index in [4.69, 9.17) is 16.0 Å². The Bertz CT molecular complexity index is 1100. The zero-order valence-corrected chi connectivity index (χ0v) is 19.4. The number of amides is 2. The zero-order valence-electron chi connectivity index (χ0n) is 18.6. The average molecular weight is 454 g/mol. The first-order valence-corrected chi connectivity index (χ1v) is 11.3. The normalized spacial score (nSPS) is 18.2. The van der Waals surface area contributed by atoms with Crippen LogP contribution in [0.1, 0.15) is 43.2 Å². The van der Waals surface area contributed by atoms with Gasteiger partial charge in [0.1, 0.15) is 17.0 Å². The summed E-state index contributed by atoms with van der Waals surface area (Å²) in [5.74, 6) is 0.788. The van der Waals surface area contributed by atoms with E-state index in [-0.39, 0.29) is 11.8 Å². The monoisotopic (exact) mass is 453 g/mol. The number of benzene rings is 1. The second-order valence-corrected chi connectivity index (χ2v) is 9.33. The van der Waals surface area contributed by atoms with Crippen LogP contribution >= 0.6 is 11.6 Å². The summed E-state index contributed by atoms with van der Waals surface area (Å²) >= 11 is 6.03. The molecule has 2 amide bonds. The predicted octanol–water partition coefficient (Wildman–Crippen LogP) is 4.98. The summed E-state index contributed by atoms with van der Waals surface area (Å²) < 4.78 is 7.46. The summed E-state index contributed by atoms with van der Waals surface area (Å²) in [5, 5.41) is 3.69. The standard InChI is InChI=1S/C25H28ClN3O3/c1-17(2)12-13-27-24(31)25(3)16-28-20(22-5-4-14-32-22)10-11-21(28)23(30)29(25)15-18-6-8-19(26)9-7-18/h4-11,14,17H,12-13,15-16H2,1-3H3,(H,27,31)/t25-/m1/s1. The number of nitrogens with zero attached hydrogens (tertiary/aromatic N) is 2. The van der Waals surface area contributed by atoms with Crippen LogP contribution in [-0.4, -0.2) is 33.4 Å². The maximum absolute atomic E-state index is 13.6. The summed E-state index contributed by atoms with van der Waals surface area (Å²) in [4.78, 5) is 28.8. The van der Waals surface area contributed by atoms with Gasteiger partial charge in [-0.25, -0.2) is 0 Å². The molecule has 0 bridgehead atoms. The van der Waals surface area contributed by atoms with Gasteiger partial charge in [0, 0.05) is 18.1 Å². The van der Waals surface area contributed by atoms with Crippen LogP contribution in [0.3, 0.4) is 0 Å². The first kappa shape index (κ1) is 22.2. The van der Waals surface area contributed by atoms with E-state index in [1.807, 2.05) is 41.8 Å². The van der Waals surface area contributed by atoms with Crippen molar-refractivity contribution in [3.63, 3.8) is 0 Å². The number of halogens is 1. The van der Waals surface area contributed by atoms with E-state index < -0.39 is 5.54 Å². The highest BCUT2D eigenvalue weighted by atomic mass is 35.5. The summed E-state index contributed by atoms with van der Waals surface area (Å²) in [7, 11) is 0. The smallest absolute Gasteiger partial charge is 0.271 e. The molecule has 3 aromatic rings. The molecule has 0 saturated carbocycles. The van der Waals surface area contributed by atoms with E-state index in [0.717, 1.165) is 17.7 Å².